The molecule has 7 nitrogen and oxygen atoms in total. The molecule has 0 radical (unpaired) electrons. The summed E-state index contributed by atoms with van der Waals surface area (Å²) in [5, 5.41) is 18.8. The maximum Gasteiger partial charge on any atom is 0.414 e. The number of carbonyl (C=O) groups is 2. The fourth-order valence-corrected chi connectivity index (χ4v) is 3.07. The third kappa shape index (κ3) is 5.42. The first-order valence-electron chi connectivity index (χ1n) is 8.00. The van der Waals surface area contributed by atoms with Crippen molar-refractivity contribution in [3.8, 4) is 0 Å². The van der Waals surface area contributed by atoms with Crippen molar-refractivity contribution in [2.45, 2.75) is 25.8 Å². The minimum Gasteiger partial charge on any atom is -0.473 e. The average molecular weight is 346 g/mol. The van der Waals surface area contributed by atoms with Crippen molar-refractivity contribution in [3.63, 3.8) is 0 Å². The summed E-state index contributed by atoms with van der Waals surface area (Å²) in [6, 6.07) is 13.2. The van der Waals surface area contributed by atoms with E-state index in [1.807, 2.05) is 6.92 Å². The highest BCUT2D eigenvalue weighted by Crippen LogP contribution is 2.35. The van der Waals surface area contributed by atoms with Crippen molar-refractivity contribution in [3.05, 3.63) is 53.4 Å². The molecule has 134 valence electrons. The number of hydrogen-bond donors (Lipinski definition) is 2. The van der Waals surface area contributed by atoms with Crippen LogP contribution in [0.15, 0.2) is 40.9 Å². The number of aliphatic carboxylic acids is 2. The van der Waals surface area contributed by atoms with E-state index in [9.17, 15) is 0 Å². The Kier molecular flexibility index (Phi) is 6.30. The maximum atomic E-state index is 9.10. The van der Waals surface area contributed by atoms with Crippen LogP contribution in [-0.2, 0) is 16.0 Å². The lowest BCUT2D eigenvalue weighted by Crippen LogP contribution is -2.18. The Bertz CT molecular complexity index is 701. The fourth-order valence-electron chi connectivity index (χ4n) is 3.07. The summed E-state index contributed by atoms with van der Waals surface area (Å²) in [6.45, 7) is 3.10. The lowest BCUT2D eigenvalue weighted by atomic mass is 9.96. The monoisotopic (exact) mass is 346 g/mol. The standard InChI is InChI=1S/C16H20N2O.C2H2O4/c1-12-8-16(19-17-12)15-10-14(11-18(15)2)9-13-6-4-3-5-7-13;3-1(4)2(5)6/h3-8,14-15H,9-11H2,1-2H3;(H,3,4)(H,5,6)/t14-,15-;/m1./s1. The number of aromatic nitrogens is 1. The molecular weight excluding hydrogens is 324 g/mol. The molecule has 1 aliphatic rings. The molecule has 3 rings (SSSR count). The number of likely N-dealkylation sites (tertiary alicyclic amines) is 1. The minimum atomic E-state index is -1.82. The highest BCUT2D eigenvalue weighted by atomic mass is 16.5. The van der Waals surface area contributed by atoms with Crippen LogP contribution in [-0.4, -0.2) is 45.8 Å². The van der Waals surface area contributed by atoms with Crippen LogP contribution < -0.4 is 0 Å². The zero-order valence-corrected chi connectivity index (χ0v) is 14.3. The van der Waals surface area contributed by atoms with E-state index in [-0.39, 0.29) is 0 Å². The first-order chi connectivity index (χ1) is 11.9. The van der Waals surface area contributed by atoms with Crippen LogP contribution in [0.3, 0.4) is 0 Å². The smallest absolute Gasteiger partial charge is 0.414 e. The molecule has 1 fully saturated rings. The van der Waals surface area contributed by atoms with Crippen molar-refractivity contribution >= 4 is 11.9 Å². The van der Waals surface area contributed by atoms with Crippen LogP contribution in [0, 0.1) is 12.8 Å². The van der Waals surface area contributed by atoms with Crippen molar-refractivity contribution in [1.29, 1.82) is 0 Å². The number of aryl methyl sites for hydroxylation is 1. The third-order valence-electron chi connectivity index (χ3n) is 4.16. The van der Waals surface area contributed by atoms with Crippen LogP contribution in [0.4, 0.5) is 0 Å². The molecule has 1 saturated heterocycles. The number of carboxylic acid groups (broad SMARTS) is 2. The van der Waals surface area contributed by atoms with E-state index >= 15 is 0 Å². The van der Waals surface area contributed by atoms with Gasteiger partial charge in [-0.05, 0) is 38.3 Å². The van der Waals surface area contributed by atoms with Gasteiger partial charge in [-0.3, -0.25) is 4.90 Å². The highest BCUT2D eigenvalue weighted by Gasteiger charge is 2.32. The van der Waals surface area contributed by atoms with Gasteiger partial charge in [0.25, 0.3) is 0 Å². The first-order valence-corrected chi connectivity index (χ1v) is 8.00. The molecule has 2 aromatic rings. The molecule has 0 bridgehead atoms. The Morgan fingerprint density at radius 1 is 1.24 bits per heavy atom. The molecule has 2 N–H and O–H groups in total. The molecule has 0 amide bonds. The Morgan fingerprint density at radius 2 is 1.88 bits per heavy atom. The Labute approximate surface area is 145 Å². The second-order valence-electron chi connectivity index (χ2n) is 6.23. The first kappa shape index (κ1) is 18.7. The number of benzene rings is 1. The van der Waals surface area contributed by atoms with E-state index in [4.69, 9.17) is 24.3 Å². The van der Waals surface area contributed by atoms with Gasteiger partial charge in [-0.15, -0.1) is 0 Å². The normalized spacial score (nSPS) is 19.9. The van der Waals surface area contributed by atoms with E-state index in [2.05, 4.69) is 53.5 Å². The van der Waals surface area contributed by atoms with Gasteiger partial charge >= 0.3 is 11.9 Å². The largest absolute Gasteiger partial charge is 0.473 e. The maximum absolute atomic E-state index is 9.10. The molecular formula is C18H22N2O5. The SMILES string of the molecule is Cc1cc([C@H]2C[C@@H](Cc3ccccc3)CN2C)on1.O=C(O)C(=O)O. The van der Waals surface area contributed by atoms with E-state index < -0.39 is 11.9 Å². The van der Waals surface area contributed by atoms with E-state index in [0.717, 1.165) is 30.8 Å². The predicted molar refractivity (Wildman–Crippen MR) is 90.1 cm³/mol. The van der Waals surface area contributed by atoms with Gasteiger partial charge in [-0.1, -0.05) is 35.5 Å². The minimum absolute atomic E-state index is 0.384. The van der Waals surface area contributed by atoms with Crippen molar-refractivity contribution in [2.24, 2.45) is 5.92 Å². The summed E-state index contributed by atoms with van der Waals surface area (Å²) < 4.78 is 5.43. The number of nitrogens with zero attached hydrogens (tertiary/aromatic N) is 2. The van der Waals surface area contributed by atoms with Gasteiger partial charge in [0.15, 0.2) is 5.76 Å². The van der Waals surface area contributed by atoms with E-state index in [0.29, 0.717) is 12.0 Å². The van der Waals surface area contributed by atoms with Gasteiger partial charge < -0.3 is 14.7 Å². The second kappa shape index (κ2) is 8.43. The molecule has 25 heavy (non-hydrogen) atoms. The highest BCUT2D eigenvalue weighted by molar-refractivity contribution is 6.27. The van der Waals surface area contributed by atoms with Gasteiger partial charge in [0.1, 0.15) is 0 Å². The Hall–Kier alpha value is -2.67. The Morgan fingerprint density at radius 3 is 2.40 bits per heavy atom. The molecule has 1 aromatic carbocycles. The zero-order chi connectivity index (χ0) is 18.4. The van der Waals surface area contributed by atoms with Crippen molar-refractivity contribution < 1.29 is 24.3 Å². The van der Waals surface area contributed by atoms with Crippen LogP contribution in [0.5, 0.6) is 0 Å². The summed E-state index contributed by atoms with van der Waals surface area (Å²) in [7, 11) is 2.17. The summed E-state index contributed by atoms with van der Waals surface area (Å²) >= 11 is 0. The Balaban J connectivity index is 0.000000326. The lowest BCUT2D eigenvalue weighted by Gasteiger charge is -2.15. The van der Waals surface area contributed by atoms with Gasteiger partial charge in [0, 0.05) is 12.6 Å². The van der Waals surface area contributed by atoms with Gasteiger partial charge in [0.05, 0.1) is 11.7 Å². The van der Waals surface area contributed by atoms with Crippen LogP contribution in [0.25, 0.3) is 0 Å². The second-order valence-corrected chi connectivity index (χ2v) is 6.23. The zero-order valence-electron chi connectivity index (χ0n) is 14.3. The summed E-state index contributed by atoms with van der Waals surface area (Å²) in [5.74, 6) is -1.94. The van der Waals surface area contributed by atoms with Gasteiger partial charge in [-0.25, -0.2) is 9.59 Å². The topological polar surface area (TPSA) is 104 Å². The third-order valence-corrected chi connectivity index (χ3v) is 4.16. The predicted octanol–water partition coefficient (Wildman–Crippen LogP) is 2.37. The average Bonchev–Trinajstić information content (AvgIpc) is 3.14. The molecule has 2 heterocycles. The van der Waals surface area contributed by atoms with Gasteiger partial charge in [-0.2, -0.15) is 0 Å². The van der Waals surface area contributed by atoms with Crippen molar-refractivity contribution in [1.82, 2.24) is 10.1 Å². The van der Waals surface area contributed by atoms with E-state index in [1.54, 1.807) is 0 Å². The number of hydrogen-bond acceptors (Lipinski definition) is 5. The number of carboxylic acids is 2. The fraction of sp³-hybridized carbons (Fsp3) is 0.389. The van der Waals surface area contributed by atoms with Crippen LogP contribution in [0.1, 0.15) is 29.5 Å². The molecule has 0 unspecified atom stereocenters. The molecule has 0 spiro atoms. The molecule has 7 heteroatoms. The molecule has 0 saturated carbocycles. The van der Waals surface area contributed by atoms with Crippen LogP contribution >= 0.6 is 0 Å². The summed E-state index contributed by atoms with van der Waals surface area (Å²) in [6.07, 6.45) is 2.30. The van der Waals surface area contributed by atoms with Gasteiger partial charge in [0.2, 0.25) is 0 Å². The van der Waals surface area contributed by atoms with Crippen LogP contribution in [0.2, 0.25) is 0 Å². The quantitative estimate of drug-likeness (QED) is 0.822. The van der Waals surface area contributed by atoms with E-state index in [1.165, 1.54) is 5.56 Å². The molecule has 2 atom stereocenters. The number of rotatable bonds is 3. The van der Waals surface area contributed by atoms with Crippen molar-refractivity contribution in [2.75, 3.05) is 13.6 Å². The molecule has 1 aromatic heterocycles. The molecule has 1 aliphatic heterocycles. The summed E-state index contributed by atoms with van der Waals surface area (Å²) in [4.78, 5) is 20.6. The lowest BCUT2D eigenvalue weighted by molar-refractivity contribution is -0.159. The molecule has 0 aliphatic carbocycles. The summed E-state index contributed by atoms with van der Waals surface area (Å²) in [5.41, 5.74) is 2.39.